The molecule has 0 aromatic heterocycles. The summed E-state index contributed by atoms with van der Waals surface area (Å²) in [6.07, 6.45) is 0. The largest absolute Gasteiger partial charge is 0.495 e. The van der Waals surface area contributed by atoms with E-state index in [4.69, 9.17) is 16.3 Å². The molecule has 0 radical (unpaired) electrons. The summed E-state index contributed by atoms with van der Waals surface area (Å²) in [5.74, 6) is -4.71. The molecule has 0 aliphatic rings. The average Bonchev–Trinajstić information content (AvgIpc) is 2.77. The molecule has 3 amide bonds. The number of amides is 3. The third-order valence-corrected chi connectivity index (χ3v) is 4.68. The number of hydrogen-bond acceptors (Lipinski definition) is 4. The summed E-state index contributed by atoms with van der Waals surface area (Å²) in [5, 5.41) is 7.36. The first kappa shape index (κ1) is 24.6. The summed E-state index contributed by atoms with van der Waals surface area (Å²) in [7, 11) is 1.36. The van der Waals surface area contributed by atoms with Crippen molar-refractivity contribution in [2.45, 2.75) is 0 Å². The molecule has 0 aliphatic heterocycles. The molecular formula is C23H17ClF3N3O4. The molecule has 0 fully saturated rings. The Balaban J connectivity index is 1.67. The van der Waals surface area contributed by atoms with Gasteiger partial charge in [0.1, 0.15) is 23.2 Å². The summed E-state index contributed by atoms with van der Waals surface area (Å²) in [5.41, 5.74) is -0.172. The molecule has 11 heteroatoms. The van der Waals surface area contributed by atoms with E-state index in [0.29, 0.717) is 6.07 Å². The smallest absolute Gasteiger partial charge is 0.258 e. The minimum Gasteiger partial charge on any atom is -0.495 e. The number of carbonyl (C=O) groups is 3. The number of hydrogen-bond donors (Lipinski definition) is 3. The van der Waals surface area contributed by atoms with Crippen LogP contribution in [0, 0.1) is 17.5 Å². The van der Waals surface area contributed by atoms with Gasteiger partial charge < -0.3 is 20.7 Å². The Hall–Kier alpha value is -4.05. The Bertz CT molecular complexity index is 1250. The zero-order valence-corrected chi connectivity index (χ0v) is 18.3. The number of nitrogens with one attached hydrogen (secondary N) is 3. The molecule has 3 aromatic rings. The molecule has 0 heterocycles. The lowest BCUT2D eigenvalue weighted by Gasteiger charge is -2.13. The van der Waals surface area contributed by atoms with Gasteiger partial charge in [-0.3, -0.25) is 14.4 Å². The Kier molecular flexibility index (Phi) is 7.75. The van der Waals surface area contributed by atoms with Gasteiger partial charge in [-0.1, -0.05) is 11.6 Å². The lowest BCUT2D eigenvalue weighted by Crippen LogP contribution is -2.33. The second kappa shape index (κ2) is 10.7. The number of rotatable bonds is 7. The zero-order valence-electron chi connectivity index (χ0n) is 17.5. The fourth-order valence-electron chi connectivity index (χ4n) is 2.90. The zero-order chi connectivity index (χ0) is 24.8. The van der Waals surface area contributed by atoms with E-state index >= 15 is 0 Å². The van der Waals surface area contributed by atoms with Gasteiger partial charge in [-0.25, -0.2) is 13.2 Å². The number of benzene rings is 3. The summed E-state index contributed by atoms with van der Waals surface area (Å²) in [4.78, 5) is 36.7. The van der Waals surface area contributed by atoms with Gasteiger partial charge in [-0.05, 0) is 48.5 Å². The summed E-state index contributed by atoms with van der Waals surface area (Å²) < 4.78 is 45.7. The van der Waals surface area contributed by atoms with Gasteiger partial charge in [-0.2, -0.15) is 0 Å². The van der Waals surface area contributed by atoms with Gasteiger partial charge in [0, 0.05) is 22.3 Å². The van der Waals surface area contributed by atoms with Crippen molar-refractivity contribution in [3.05, 3.63) is 88.2 Å². The standard InChI is InChI=1S/C23H17ClF3N3O4/c1-34-20-5-3-16(10-19(20)30-23(33)17-4-2-13(24)8-18(17)27)29-21(31)11-28-22(32)12-6-14(25)9-15(26)7-12/h2-10H,11H2,1H3,(H,28,32)(H,29,31)(H,30,33). The third-order valence-electron chi connectivity index (χ3n) is 4.44. The molecule has 0 spiro atoms. The molecular weight excluding hydrogens is 475 g/mol. The van der Waals surface area contributed by atoms with Gasteiger partial charge in [-0.15, -0.1) is 0 Å². The minimum atomic E-state index is -0.930. The molecule has 3 aromatic carbocycles. The van der Waals surface area contributed by atoms with Crippen molar-refractivity contribution < 1.29 is 32.3 Å². The number of carbonyl (C=O) groups excluding carboxylic acids is 3. The lowest BCUT2D eigenvalue weighted by atomic mass is 10.2. The van der Waals surface area contributed by atoms with E-state index in [0.717, 1.165) is 18.2 Å². The van der Waals surface area contributed by atoms with Crippen LogP contribution in [0.5, 0.6) is 5.75 Å². The summed E-state index contributed by atoms with van der Waals surface area (Å²) >= 11 is 5.70. The first-order chi connectivity index (χ1) is 16.2. The topological polar surface area (TPSA) is 96.5 Å². The predicted octanol–water partition coefficient (Wildman–Crippen LogP) is 4.39. The van der Waals surface area contributed by atoms with E-state index in [1.165, 1.54) is 37.4 Å². The van der Waals surface area contributed by atoms with E-state index in [9.17, 15) is 27.6 Å². The van der Waals surface area contributed by atoms with E-state index in [2.05, 4.69) is 16.0 Å². The second-order valence-electron chi connectivity index (χ2n) is 6.88. The van der Waals surface area contributed by atoms with Crippen LogP contribution in [0.15, 0.2) is 54.6 Å². The van der Waals surface area contributed by atoms with E-state index < -0.39 is 41.7 Å². The van der Waals surface area contributed by atoms with Crippen LogP contribution in [-0.2, 0) is 4.79 Å². The lowest BCUT2D eigenvalue weighted by molar-refractivity contribution is -0.115. The Morgan fingerprint density at radius 2 is 1.59 bits per heavy atom. The summed E-state index contributed by atoms with van der Waals surface area (Å²) in [6.45, 7) is -0.499. The molecule has 3 N–H and O–H groups in total. The quantitative estimate of drug-likeness (QED) is 0.457. The molecule has 0 atom stereocenters. The van der Waals surface area contributed by atoms with Crippen molar-refractivity contribution in [1.29, 1.82) is 0 Å². The molecule has 176 valence electrons. The van der Waals surface area contributed by atoms with Crippen LogP contribution in [0.4, 0.5) is 24.5 Å². The maximum absolute atomic E-state index is 14.0. The fraction of sp³-hybridized carbons (Fsp3) is 0.0870. The summed E-state index contributed by atoms with van der Waals surface area (Å²) in [6, 6.07) is 10.2. The highest BCUT2D eigenvalue weighted by atomic mass is 35.5. The molecule has 0 saturated heterocycles. The van der Waals surface area contributed by atoms with Crippen LogP contribution in [0.25, 0.3) is 0 Å². The van der Waals surface area contributed by atoms with Gasteiger partial charge >= 0.3 is 0 Å². The van der Waals surface area contributed by atoms with Crippen molar-refractivity contribution >= 4 is 40.7 Å². The molecule has 0 unspecified atom stereocenters. The molecule has 7 nitrogen and oxygen atoms in total. The fourth-order valence-corrected chi connectivity index (χ4v) is 3.06. The van der Waals surface area contributed by atoms with Crippen LogP contribution in [0.2, 0.25) is 5.02 Å². The van der Waals surface area contributed by atoms with Crippen molar-refractivity contribution in [1.82, 2.24) is 5.32 Å². The number of methoxy groups -OCH3 is 1. The van der Waals surface area contributed by atoms with E-state index in [1.807, 2.05) is 0 Å². The van der Waals surface area contributed by atoms with Gasteiger partial charge in [0.25, 0.3) is 11.8 Å². The Labute approximate surface area is 196 Å². The first-order valence-electron chi connectivity index (χ1n) is 9.65. The highest BCUT2D eigenvalue weighted by molar-refractivity contribution is 6.30. The number of anilines is 2. The maximum Gasteiger partial charge on any atom is 0.258 e. The third kappa shape index (κ3) is 6.26. The minimum absolute atomic E-state index is 0.131. The molecule has 0 bridgehead atoms. The molecule has 0 saturated carbocycles. The van der Waals surface area contributed by atoms with E-state index in [1.54, 1.807) is 0 Å². The molecule has 34 heavy (non-hydrogen) atoms. The van der Waals surface area contributed by atoms with Crippen LogP contribution < -0.4 is 20.7 Å². The monoisotopic (exact) mass is 491 g/mol. The molecule has 0 aliphatic carbocycles. The Morgan fingerprint density at radius 3 is 2.24 bits per heavy atom. The number of ether oxygens (including phenoxy) is 1. The first-order valence-corrected chi connectivity index (χ1v) is 10.0. The van der Waals surface area contributed by atoms with Crippen LogP contribution in [0.3, 0.4) is 0 Å². The maximum atomic E-state index is 14.0. The highest BCUT2D eigenvalue weighted by Crippen LogP contribution is 2.29. The van der Waals surface area contributed by atoms with Crippen LogP contribution in [0.1, 0.15) is 20.7 Å². The normalized spacial score (nSPS) is 10.4. The second-order valence-corrected chi connectivity index (χ2v) is 7.32. The molecule has 3 rings (SSSR count). The van der Waals surface area contributed by atoms with Crippen molar-refractivity contribution in [3.8, 4) is 5.75 Å². The average molecular weight is 492 g/mol. The van der Waals surface area contributed by atoms with Gasteiger partial charge in [0.15, 0.2) is 0 Å². The number of halogens is 4. The van der Waals surface area contributed by atoms with E-state index in [-0.39, 0.29) is 33.3 Å². The van der Waals surface area contributed by atoms with Gasteiger partial charge in [0.2, 0.25) is 5.91 Å². The van der Waals surface area contributed by atoms with Crippen molar-refractivity contribution in [2.24, 2.45) is 0 Å². The SMILES string of the molecule is COc1ccc(NC(=O)CNC(=O)c2cc(F)cc(F)c2)cc1NC(=O)c1ccc(Cl)cc1F. The van der Waals surface area contributed by atoms with Crippen molar-refractivity contribution in [2.75, 3.05) is 24.3 Å². The van der Waals surface area contributed by atoms with Crippen molar-refractivity contribution in [3.63, 3.8) is 0 Å². The van der Waals surface area contributed by atoms with Crippen LogP contribution in [-0.4, -0.2) is 31.4 Å². The highest BCUT2D eigenvalue weighted by Gasteiger charge is 2.16. The Morgan fingerprint density at radius 1 is 0.882 bits per heavy atom. The van der Waals surface area contributed by atoms with Gasteiger partial charge in [0.05, 0.1) is 24.9 Å². The predicted molar refractivity (Wildman–Crippen MR) is 120 cm³/mol. The van der Waals surface area contributed by atoms with Crippen LogP contribution >= 0.6 is 11.6 Å².